The fourth-order valence-corrected chi connectivity index (χ4v) is 9.73. The van der Waals surface area contributed by atoms with Crippen molar-refractivity contribution in [3.05, 3.63) is 63.1 Å². The number of hydrogen-bond donors (Lipinski definition) is 0. The molecule has 1 saturated carbocycles. The van der Waals surface area contributed by atoms with Crippen molar-refractivity contribution in [3.63, 3.8) is 0 Å². The quantitative estimate of drug-likeness (QED) is 0.165. The summed E-state index contributed by atoms with van der Waals surface area (Å²) in [5, 5.41) is 11.6. The molecule has 4 unspecified atom stereocenters. The number of halogens is 3. The molecule has 0 N–H and O–H groups in total. The highest BCUT2D eigenvalue weighted by molar-refractivity contribution is 6.43. The molecule has 2 amide bonds. The first-order chi connectivity index (χ1) is 27.8. The lowest BCUT2D eigenvalue weighted by Gasteiger charge is -2.32. The van der Waals surface area contributed by atoms with Crippen LogP contribution in [0.2, 0.25) is 10.0 Å². The summed E-state index contributed by atoms with van der Waals surface area (Å²) in [6, 6.07) is 10.7. The van der Waals surface area contributed by atoms with Crippen molar-refractivity contribution in [2.75, 3.05) is 19.7 Å². The number of aryl methyl sites for hydroxylation is 1. The maximum absolute atomic E-state index is 17.8. The molecule has 58 heavy (non-hydrogen) atoms. The third kappa shape index (κ3) is 7.66. The molecule has 4 aromatic rings. The number of carbonyl (C=O) groups is 2. The molecule has 1 aliphatic carbocycles. The van der Waals surface area contributed by atoms with E-state index in [9.17, 15) is 14.9 Å². The molecule has 8 rings (SSSR count). The molecule has 13 heteroatoms. The van der Waals surface area contributed by atoms with Crippen molar-refractivity contribution in [1.29, 1.82) is 5.26 Å². The molecular formula is C45H52Cl2FN5O5. The molecule has 4 fully saturated rings. The number of aromatic nitrogens is 2. The van der Waals surface area contributed by atoms with Crippen molar-refractivity contribution in [2.45, 2.75) is 135 Å². The second kappa shape index (κ2) is 16.2. The standard InChI is InChI=1S/C45H52Cl2FN5O5/c1-25-33(18-21-51(25)44(55)58-45(3,4)5)53-35(34-14-10-20-52(34)43(54)27-16-17-27)24-31-40(26(2)57-36-15-6-7-22-56-36)50-41-30(42(31)53)23-28(11-9-19-49)37(39(41)48)29-12-8-13-32(46)38(29)47/h8,12-13,23-27,33-34,36H,6-7,9-11,14-18,20-22H2,1-5H3/t25-,26?,33?,34?,36?/m1/s1. The molecule has 3 saturated heterocycles. The number of likely N-dealkylation sites (tertiary alicyclic amines) is 2. The van der Waals surface area contributed by atoms with E-state index in [4.69, 9.17) is 42.4 Å². The molecule has 5 heterocycles. The van der Waals surface area contributed by atoms with Gasteiger partial charge in [0.15, 0.2) is 12.1 Å². The highest BCUT2D eigenvalue weighted by Gasteiger charge is 2.44. The lowest BCUT2D eigenvalue weighted by molar-refractivity contribution is -0.186. The van der Waals surface area contributed by atoms with Crippen LogP contribution >= 0.6 is 23.2 Å². The Kier molecular flexibility index (Phi) is 11.4. The Labute approximate surface area is 349 Å². The van der Waals surface area contributed by atoms with Crippen molar-refractivity contribution < 1.29 is 28.2 Å². The Hall–Kier alpha value is -3.95. The molecule has 0 radical (unpaired) electrons. The van der Waals surface area contributed by atoms with Crippen molar-refractivity contribution in [2.24, 2.45) is 5.92 Å². The summed E-state index contributed by atoms with van der Waals surface area (Å²) < 4.78 is 38.6. The van der Waals surface area contributed by atoms with E-state index in [0.29, 0.717) is 48.3 Å². The van der Waals surface area contributed by atoms with E-state index in [1.54, 1.807) is 23.1 Å². The van der Waals surface area contributed by atoms with Gasteiger partial charge in [0.1, 0.15) is 17.2 Å². The minimum absolute atomic E-state index is 0.0435. The molecular weight excluding hydrogens is 780 g/mol. The van der Waals surface area contributed by atoms with Gasteiger partial charge in [0.05, 0.1) is 45.5 Å². The van der Waals surface area contributed by atoms with Gasteiger partial charge in [-0.15, -0.1) is 0 Å². The Morgan fingerprint density at radius 2 is 1.84 bits per heavy atom. The third-order valence-corrected chi connectivity index (χ3v) is 13.1. The van der Waals surface area contributed by atoms with Crippen LogP contribution in [0.3, 0.4) is 0 Å². The lowest BCUT2D eigenvalue weighted by atomic mass is 9.92. The predicted octanol–water partition coefficient (Wildman–Crippen LogP) is 11.0. The fraction of sp³-hybridized carbons (Fsp3) is 0.556. The van der Waals surface area contributed by atoms with Gasteiger partial charge >= 0.3 is 6.09 Å². The SMILES string of the molecule is CC(OC1CCCCO1)c1nc2c(F)c(-c3cccc(Cl)c3Cl)c(CCC#N)cc2c2c1cc(C1CCCN1C(=O)C1CC1)n2C1CCN(C(=O)OC(C)(C)C)[C@@H]1C. The van der Waals surface area contributed by atoms with Crippen LogP contribution in [0.5, 0.6) is 0 Å². The van der Waals surface area contributed by atoms with Crippen LogP contribution in [0.15, 0.2) is 30.3 Å². The predicted molar refractivity (Wildman–Crippen MR) is 222 cm³/mol. The fourth-order valence-electron chi connectivity index (χ4n) is 9.34. The van der Waals surface area contributed by atoms with E-state index in [2.05, 4.69) is 16.7 Å². The second-order valence-electron chi connectivity index (χ2n) is 17.4. The van der Waals surface area contributed by atoms with Crippen LogP contribution in [0.1, 0.15) is 128 Å². The summed E-state index contributed by atoms with van der Waals surface area (Å²) in [6.45, 7) is 11.3. The lowest BCUT2D eigenvalue weighted by Crippen LogP contribution is -2.40. The van der Waals surface area contributed by atoms with Crippen LogP contribution in [0, 0.1) is 23.1 Å². The molecule has 4 aliphatic rings. The third-order valence-electron chi connectivity index (χ3n) is 12.2. The molecule has 308 valence electrons. The van der Waals surface area contributed by atoms with E-state index in [-0.39, 0.29) is 70.0 Å². The number of fused-ring (bicyclic) bond motifs is 3. The first-order valence-corrected chi connectivity index (χ1v) is 21.6. The molecule has 2 aromatic heterocycles. The number of hydrogen-bond acceptors (Lipinski definition) is 7. The van der Waals surface area contributed by atoms with Gasteiger partial charge in [-0.3, -0.25) is 4.79 Å². The van der Waals surface area contributed by atoms with Crippen LogP contribution in [-0.2, 0) is 25.4 Å². The first-order valence-electron chi connectivity index (χ1n) is 20.9. The Balaban J connectivity index is 1.41. The number of pyridine rings is 1. The van der Waals surface area contributed by atoms with Gasteiger partial charge in [-0.1, -0.05) is 35.3 Å². The monoisotopic (exact) mass is 831 g/mol. The van der Waals surface area contributed by atoms with Gasteiger partial charge in [0.25, 0.3) is 0 Å². The van der Waals surface area contributed by atoms with Crippen molar-refractivity contribution in [3.8, 4) is 17.2 Å². The van der Waals surface area contributed by atoms with Gasteiger partial charge in [-0.25, -0.2) is 14.2 Å². The summed E-state index contributed by atoms with van der Waals surface area (Å²) >= 11 is 13.3. The zero-order valence-electron chi connectivity index (χ0n) is 34.0. The first kappa shape index (κ1) is 40.8. The summed E-state index contributed by atoms with van der Waals surface area (Å²) in [6.07, 6.45) is 5.70. The summed E-state index contributed by atoms with van der Waals surface area (Å²) in [7, 11) is 0. The molecule has 0 spiro atoms. The van der Waals surface area contributed by atoms with Gasteiger partial charge < -0.3 is 28.6 Å². The van der Waals surface area contributed by atoms with Crippen LogP contribution in [0.25, 0.3) is 32.9 Å². The smallest absolute Gasteiger partial charge is 0.410 e. The van der Waals surface area contributed by atoms with E-state index in [1.165, 1.54) is 0 Å². The van der Waals surface area contributed by atoms with E-state index in [1.807, 2.05) is 45.6 Å². The van der Waals surface area contributed by atoms with Gasteiger partial charge in [0.2, 0.25) is 5.91 Å². The zero-order valence-corrected chi connectivity index (χ0v) is 35.5. The molecule has 10 nitrogen and oxygen atoms in total. The highest BCUT2D eigenvalue weighted by Crippen LogP contribution is 2.48. The average molecular weight is 833 g/mol. The Bertz CT molecular complexity index is 2290. The van der Waals surface area contributed by atoms with Gasteiger partial charge in [-0.2, -0.15) is 5.26 Å². The van der Waals surface area contributed by atoms with Crippen LogP contribution in [0.4, 0.5) is 9.18 Å². The average Bonchev–Trinajstić information content (AvgIpc) is 3.60. The van der Waals surface area contributed by atoms with Crippen LogP contribution in [-0.4, -0.2) is 69.0 Å². The number of amides is 2. The minimum Gasteiger partial charge on any atom is -0.444 e. The number of ether oxygens (including phenoxy) is 3. The maximum Gasteiger partial charge on any atom is 0.410 e. The number of carbonyl (C=O) groups excluding carboxylic acids is 2. The number of rotatable bonds is 9. The molecule has 2 aromatic carbocycles. The molecule has 3 aliphatic heterocycles. The normalized spacial score (nSPS) is 23.2. The highest BCUT2D eigenvalue weighted by atomic mass is 35.5. The number of nitriles is 1. The van der Waals surface area contributed by atoms with E-state index < -0.39 is 23.8 Å². The number of benzene rings is 2. The van der Waals surface area contributed by atoms with E-state index in [0.717, 1.165) is 61.5 Å². The number of nitrogens with zero attached hydrogens (tertiary/aromatic N) is 5. The minimum atomic E-state index is -0.677. The van der Waals surface area contributed by atoms with E-state index >= 15 is 4.39 Å². The maximum atomic E-state index is 17.8. The Morgan fingerprint density at radius 3 is 2.55 bits per heavy atom. The molecule has 0 bridgehead atoms. The summed E-state index contributed by atoms with van der Waals surface area (Å²) in [5.41, 5.74) is 2.96. The summed E-state index contributed by atoms with van der Waals surface area (Å²) in [5.74, 6) is -0.354. The summed E-state index contributed by atoms with van der Waals surface area (Å²) in [4.78, 5) is 36.6. The van der Waals surface area contributed by atoms with Crippen molar-refractivity contribution >= 4 is 57.0 Å². The largest absolute Gasteiger partial charge is 0.444 e. The van der Waals surface area contributed by atoms with Crippen LogP contribution < -0.4 is 0 Å². The molecule has 5 atom stereocenters. The Morgan fingerprint density at radius 1 is 1.05 bits per heavy atom. The van der Waals surface area contributed by atoms with Gasteiger partial charge in [0, 0.05) is 59.6 Å². The van der Waals surface area contributed by atoms with Gasteiger partial charge in [-0.05, 0) is 116 Å². The zero-order chi connectivity index (χ0) is 41.0. The van der Waals surface area contributed by atoms with Crippen molar-refractivity contribution in [1.82, 2.24) is 19.4 Å². The topological polar surface area (TPSA) is 110 Å². The second-order valence-corrected chi connectivity index (χ2v) is 18.2.